The molecule has 0 aliphatic heterocycles. The molecular weight excluding hydrogens is 228 g/mol. The zero-order chi connectivity index (χ0) is 13.0. The summed E-state index contributed by atoms with van der Waals surface area (Å²) in [6.45, 7) is 1.82. The number of amides is 1. The Labute approximate surface area is 106 Å². The first-order valence-corrected chi connectivity index (χ1v) is 6.18. The lowest BCUT2D eigenvalue weighted by Gasteiger charge is -2.10. The van der Waals surface area contributed by atoms with Gasteiger partial charge in [-0.2, -0.15) is 5.26 Å². The number of rotatable bonds is 3. The fourth-order valence-electron chi connectivity index (χ4n) is 2.16. The number of hydrogen-bond acceptors (Lipinski definition) is 3. The molecule has 0 radical (unpaired) electrons. The molecule has 4 nitrogen and oxygen atoms in total. The normalized spacial score (nSPS) is 16.6. The number of nitrogens with zero attached hydrogens (tertiary/aromatic N) is 1. The van der Waals surface area contributed by atoms with Gasteiger partial charge in [0.25, 0.3) is 5.91 Å². The summed E-state index contributed by atoms with van der Waals surface area (Å²) in [6.07, 6.45) is 5.79. The molecule has 1 aromatic rings. The van der Waals surface area contributed by atoms with Gasteiger partial charge in [0.05, 0.1) is 0 Å². The largest absolute Gasteiger partial charge is 0.462 e. The molecule has 1 saturated carbocycles. The van der Waals surface area contributed by atoms with E-state index in [1.54, 1.807) is 12.1 Å². The van der Waals surface area contributed by atoms with Crippen molar-refractivity contribution in [2.45, 2.75) is 38.6 Å². The molecule has 1 amide bonds. The highest BCUT2D eigenvalue weighted by molar-refractivity contribution is 6.01. The monoisotopic (exact) mass is 244 g/mol. The van der Waals surface area contributed by atoms with Crippen molar-refractivity contribution in [2.24, 2.45) is 0 Å². The highest BCUT2D eigenvalue weighted by Gasteiger charge is 2.19. The molecule has 18 heavy (non-hydrogen) atoms. The first-order chi connectivity index (χ1) is 8.69. The summed E-state index contributed by atoms with van der Waals surface area (Å²) in [5.41, 5.74) is 0.0937. The summed E-state index contributed by atoms with van der Waals surface area (Å²) in [6, 6.07) is 5.68. The maximum absolute atomic E-state index is 11.9. The van der Waals surface area contributed by atoms with Gasteiger partial charge >= 0.3 is 0 Å². The molecule has 0 atom stereocenters. The minimum Gasteiger partial charge on any atom is -0.462 e. The van der Waals surface area contributed by atoms with Crippen LogP contribution in [0.1, 0.15) is 37.2 Å². The van der Waals surface area contributed by atoms with Crippen molar-refractivity contribution in [3.63, 3.8) is 0 Å². The lowest BCUT2D eigenvalue weighted by atomic mass is 10.2. The Kier molecular flexibility index (Phi) is 3.83. The molecule has 0 bridgehead atoms. The minimum absolute atomic E-state index is 0.0937. The van der Waals surface area contributed by atoms with Crippen molar-refractivity contribution in [3.8, 4) is 6.07 Å². The van der Waals surface area contributed by atoms with E-state index in [4.69, 9.17) is 9.68 Å². The fourth-order valence-corrected chi connectivity index (χ4v) is 2.16. The minimum atomic E-state index is -0.307. The van der Waals surface area contributed by atoms with Crippen LogP contribution in [0, 0.1) is 18.3 Å². The molecule has 1 aromatic heterocycles. The molecule has 1 heterocycles. The number of nitrogens with one attached hydrogen (secondary N) is 1. The summed E-state index contributed by atoms with van der Waals surface area (Å²) in [4.78, 5) is 11.9. The predicted molar refractivity (Wildman–Crippen MR) is 67.4 cm³/mol. The second kappa shape index (κ2) is 5.54. The second-order valence-corrected chi connectivity index (χ2v) is 4.57. The molecule has 0 saturated heterocycles. The predicted octanol–water partition coefficient (Wildman–Crippen LogP) is 2.55. The van der Waals surface area contributed by atoms with Crippen LogP contribution < -0.4 is 5.32 Å². The van der Waals surface area contributed by atoms with Gasteiger partial charge in [0, 0.05) is 12.1 Å². The van der Waals surface area contributed by atoms with Gasteiger partial charge in [0.15, 0.2) is 0 Å². The van der Waals surface area contributed by atoms with Crippen molar-refractivity contribution in [1.82, 2.24) is 5.32 Å². The number of carbonyl (C=O) groups excluding carboxylic acids is 1. The summed E-state index contributed by atoms with van der Waals surface area (Å²) < 4.78 is 5.33. The number of aryl methyl sites for hydroxylation is 1. The van der Waals surface area contributed by atoms with Gasteiger partial charge in [0.2, 0.25) is 0 Å². The molecule has 4 heteroatoms. The van der Waals surface area contributed by atoms with E-state index >= 15 is 0 Å². The van der Waals surface area contributed by atoms with Crippen LogP contribution in [0.5, 0.6) is 0 Å². The van der Waals surface area contributed by atoms with E-state index < -0.39 is 0 Å². The number of nitriles is 1. The van der Waals surface area contributed by atoms with Crippen LogP contribution in [0.3, 0.4) is 0 Å². The smallest absolute Gasteiger partial charge is 0.262 e. The maximum atomic E-state index is 11.9. The van der Waals surface area contributed by atoms with E-state index in [-0.39, 0.29) is 17.5 Å². The van der Waals surface area contributed by atoms with E-state index in [9.17, 15) is 4.79 Å². The molecule has 1 aliphatic carbocycles. The molecule has 1 N–H and O–H groups in total. The Hall–Kier alpha value is -2.02. The van der Waals surface area contributed by atoms with Crippen LogP contribution in [-0.2, 0) is 4.79 Å². The van der Waals surface area contributed by atoms with Crippen molar-refractivity contribution in [1.29, 1.82) is 5.26 Å². The molecule has 0 unspecified atom stereocenters. The van der Waals surface area contributed by atoms with Gasteiger partial charge in [-0.1, -0.05) is 12.8 Å². The lowest BCUT2D eigenvalue weighted by molar-refractivity contribution is -0.117. The summed E-state index contributed by atoms with van der Waals surface area (Å²) in [5.74, 6) is 0.985. The number of hydrogen-bond donors (Lipinski definition) is 1. The molecule has 0 spiro atoms. The van der Waals surface area contributed by atoms with Gasteiger partial charge in [-0.25, -0.2) is 0 Å². The standard InChI is InChI=1S/C14H16N2O2/c1-10-6-7-13(18-10)8-11(9-15)14(17)16-12-4-2-3-5-12/h6-8,12H,2-5H2,1H3,(H,16,17). The van der Waals surface area contributed by atoms with Crippen molar-refractivity contribution >= 4 is 12.0 Å². The molecule has 0 aromatic carbocycles. The zero-order valence-electron chi connectivity index (χ0n) is 10.4. The van der Waals surface area contributed by atoms with E-state index in [0.717, 1.165) is 31.4 Å². The Morgan fingerprint density at radius 2 is 2.22 bits per heavy atom. The average molecular weight is 244 g/mol. The third-order valence-corrected chi connectivity index (χ3v) is 3.10. The quantitative estimate of drug-likeness (QED) is 0.656. The lowest BCUT2D eigenvalue weighted by Crippen LogP contribution is -2.33. The Morgan fingerprint density at radius 1 is 1.50 bits per heavy atom. The number of furan rings is 1. The summed E-state index contributed by atoms with van der Waals surface area (Å²) in [5, 5.41) is 11.9. The molecule has 2 rings (SSSR count). The first kappa shape index (κ1) is 12.4. The average Bonchev–Trinajstić information content (AvgIpc) is 2.97. The fraction of sp³-hybridized carbons (Fsp3) is 0.429. The van der Waals surface area contributed by atoms with E-state index in [2.05, 4.69) is 5.32 Å². The Morgan fingerprint density at radius 3 is 2.78 bits per heavy atom. The third kappa shape index (κ3) is 3.01. The topological polar surface area (TPSA) is 66.0 Å². The van der Waals surface area contributed by atoms with Gasteiger partial charge in [-0.3, -0.25) is 4.79 Å². The van der Waals surface area contributed by atoms with Crippen molar-refractivity contribution < 1.29 is 9.21 Å². The van der Waals surface area contributed by atoms with Crippen LogP contribution in [0.2, 0.25) is 0 Å². The molecule has 1 fully saturated rings. The van der Waals surface area contributed by atoms with Crippen LogP contribution in [-0.4, -0.2) is 11.9 Å². The van der Waals surface area contributed by atoms with Gasteiger partial charge in [-0.05, 0) is 31.9 Å². The van der Waals surface area contributed by atoms with Crippen molar-refractivity contribution in [2.75, 3.05) is 0 Å². The Balaban J connectivity index is 2.06. The number of carbonyl (C=O) groups is 1. The van der Waals surface area contributed by atoms with Crippen LogP contribution in [0.25, 0.3) is 6.08 Å². The first-order valence-electron chi connectivity index (χ1n) is 6.18. The van der Waals surface area contributed by atoms with E-state index in [0.29, 0.717) is 5.76 Å². The SMILES string of the molecule is Cc1ccc(C=C(C#N)C(=O)NC2CCCC2)o1. The second-order valence-electron chi connectivity index (χ2n) is 4.57. The zero-order valence-corrected chi connectivity index (χ0v) is 10.4. The van der Waals surface area contributed by atoms with Crippen LogP contribution >= 0.6 is 0 Å². The van der Waals surface area contributed by atoms with E-state index in [1.165, 1.54) is 6.08 Å². The molecule has 94 valence electrons. The molecule has 1 aliphatic rings. The van der Waals surface area contributed by atoms with Gasteiger partial charge in [-0.15, -0.1) is 0 Å². The summed E-state index contributed by atoms with van der Waals surface area (Å²) in [7, 11) is 0. The maximum Gasteiger partial charge on any atom is 0.262 e. The van der Waals surface area contributed by atoms with Crippen LogP contribution in [0.15, 0.2) is 22.1 Å². The highest BCUT2D eigenvalue weighted by Crippen LogP contribution is 2.18. The highest BCUT2D eigenvalue weighted by atomic mass is 16.3. The van der Waals surface area contributed by atoms with Crippen molar-refractivity contribution in [3.05, 3.63) is 29.2 Å². The third-order valence-electron chi connectivity index (χ3n) is 3.10. The van der Waals surface area contributed by atoms with Gasteiger partial charge in [0.1, 0.15) is 23.2 Å². The summed E-state index contributed by atoms with van der Waals surface area (Å²) >= 11 is 0. The Bertz CT molecular complexity index is 502. The van der Waals surface area contributed by atoms with Gasteiger partial charge < -0.3 is 9.73 Å². The van der Waals surface area contributed by atoms with E-state index in [1.807, 2.05) is 13.0 Å². The van der Waals surface area contributed by atoms with Crippen LogP contribution in [0.4, 0.5) is 0 Å². The molecular formula is C14H16N2O2.